The van der Waals surface area contributed by atoms with Gasteiger partial charge in [-0.05, 0) is 30.2 Å². The highest BCUT2D eigenvalue weighted by atomic mass is 16.1. The molecule has 0 spiro atoms. The van der Waals surface area contributed by atoms with Gasteiger partial charge in [0.1, 0.15) is 0 Å². The number of hydrogen-bond donors (Lipinski definition) is 2. The Hall–Kier alpha value is -2.37. The van der Waals surface area contributed by atoms with Crippen molar-refractivity contribution >= 4 is 11.6 Å². The molecule has 3 rings (SSSR count). The second-order valence-electron chi connectivity index (χ2n) is 6.93. The zero-order valence-electron chi connectivity index (χ0n) is 15.4. The summed E-state index contributed by atoms with van der Waals surface area (Å²) in [6, 6.07) is 16.1. The Bertz CT molecular complexity index is 724. The third kappa shape index (κ3) is 5.07. The van der Waals surface area contributed by atoms with E-state index < -0.39 is 0 Å². The van der Waals surface area contributed by atoms with Crippen molar-refractivity contribution < 1.29 is 4.79 Å². The summed E-state index contributed by atoms with van der Waals surface area (Å²) in [5.41, 5.74) is 9.39. The molecule has 5 heteroatoms. The van der Waals surface area contributed by atoms with Gasteiger partial charge in [-0.3, -0.25) is 14.6 Å². The number of nitrogens with zero attached hydrogens (tertiary/aromatic N) is 2. The summed E-state index contributed by atoms with van der Waals surface area (Å²) < 4.78 is 0. The van der Waals surface area contributed by atoms with Crippen molar-refractivity contribution in [2.45, 2.75) is 13.5 Å². The Morgan fingerprint density at radius 3 is 2.46 bits per heavy atom. The van der Waals surface area contributed by atoms with Crippen molar-refractivity contribution in [2.24, 2.45) is 0 Å². The molecule has 3 N–H and O–H groups in total. The molecule has 0 aliphatic carbocycles. The van der Waals surface area contributed by atoms with E-state index in [0.29, 0.717) is 17.8 Å². The first kappa shape index (κ1) is 18.4. The first-order chi connectivity index (χ1) is 12.6. The van der Waals surface area contributed by atoms with Crippen LogP contribution in [0.25, 0.3) is 0 Å². The third-order valence-corrected chi connectivity index (χ3v) is 4.93. The van der Waals surface area contributed by atoms with E-state index in [9.17, 15) is 4.79 Å². The molecule has 26 heavy (non-hydrogen) atoms. The van der Waals surface area contributed by atoms with Gasteiger partial charge in [0.05, 0.1) is 0 Å². The minimum absolute atomic E-state index is 0.0440. The molecule has 138 valence electrons. The molecular formula is C21H28N4O. The Morgan fingerprint density at radius 1 is 1.04 bits per heavy atom. The highest BCUT2D eigenvalue weighted by Gasteiger charge is 2.17. The summed E-state index contributed by atoms with van der Waals surface area (Å²) in [6.45, 7) is 8.70. The fourth-order valence-corrected chi connectivity index (χ4v) is 3.32. The monoisotopic (exact) mass is 352 g/mol. The number of rotatable bonds is 6. The van der Waals surface area contributed by atoms with Gasteiger partial charge in [0.2, 0.25) is 0 Å². The molecule has 2 aromatic rings. The number of benzene rings is 2. The molecule has 1 fully saturated rings. The van der Waals surface area contributed by atoms with Gasteiger partial charge in [-0.25, -0.2) is 0 Å². The lowest BCUT2D eigenvalue weighted by molar-refractivity contribution is 0.0933. The molecule has 1 heterocycles. The van der Waals surface area contributed by atoms with E-state index in [0.717, 1.165) is 44.8 Å². The van der Waals surface area contributed by atoms with Crippen LogP contribution in [-0.4, -0.2) is 55.0 Å². The third-order valence-electron chi connectivity index (χ3n) is 4.93. The van der Waals surface area contributed by atoms with Crippen LogP contribution in [0, 0.1) is 6.92 Å². The van der Waals surface area contributed by atoms with Crippen molar-refractivity contribution in [1.29, 1.82) is 0 Å². The predicted octanol–water partition coefficient (Wildman–Crippen LogP) is 2.12. The van der Waals surface area contributed by atoms with E-state index in [-0.39, 0.29) is 5.91 Å². The zero-order chi connectivity index (χ0) is 18.4. The first-order valence-corrected chi connectivity index (χ1v) is 9.25. The second-order valence-corrected chi connectivity index (χ2v) is 6.93. The number of piperazine rings is 1. The lowest BCUT2D eigenvalue weighted by Gasteiger charge is -2.34. The first-order valence-electron chi connectivity index (χ1n) is 9.25. The standard InChI is InChI=1S/C21H28N4O/c1-17-7-8-19(22)15-20(17)21(26)23-9-10-24-11-13-25(14-12-24)16-18-5-3-2-4-6-18/h2-8,15H,9-14,16,22H2,1H3,(H,23,26). The molecule has 0 radical (unpaired) electrons. The Balaban J connectivity index is 1.39. The highest BCUT2D eigenvalue weighted by molar-refractivity contribution is 5.96. The summed E-state index contributed by atoms with van der Waals surface area (Å²) in [4.78, 5) is 17.2. The van der Waals surface area contributed by atoms with E-state index in [1.165, 1.54) is 5.56 Å². The number of hydrogen-bond acceptors (Lipinski definition) is 4. The van der Waals surface area contributed by atoms with E-state index in [2.05, 4.69) is 45.4 Å². The van der Waals surface area contributed by atoms with Crippen LogP contribution in [-0.2, 0) is 6.54 Å². The number of nitrogens with two attached hydrogens (primary N) is 1. The molecule has 0 saturated carbocycles. The average Bonchev–Trinajstić information content (AvgIpc) is 2.66. The van der Waals surface area contributed by atoms with Crippen molar-refractivity contribution in [2.75, 3.05) is 45.0 Å². The number of nitrogen functional groups attached to an aromatic ring is 1. The van der Waals surface area contributed by atoms with Gasteiger partial charge in [-0.1, -0.05) is 36.4 Å². The van der Waals surface area contributed by atoms with Crippen LogP contribution in [0.1, 0.15) is 21.5 Å². The van der Waals surface area contributed by atoms with Crippen LogP contribution in [0.3, 0.4) is 0 Å². The average molecular weight is 352 g/mol. The van der Waals surface area contributed by atoms with Gasteiger partial charge in [0, 0.05) is 57.1 Å². The smallest absolute Gasteiger partial charge is 0.251 e. The fraction of sp³-hybridized carbons (Fsp3) is 0.381. The van der Waals surface area contributed by atoms with Gasteiger partial charge in [-0.15, -0.1) is 0 Å². The molecule has 0 atom stereocenters. The molecule has 0 bridgehead atoms. The summed E-state index contributed by atoms with van der Waals surface area (Å²) in [5.74, 6) is -0.0440. The molecule has 5 nitrogen and oxygen atoms in total. The Kier molecular flexibility index (Phi) is 6.26. The van der Waals surface area contributed by atoms with Gasteiger partial charge < -0.3 is 11.1 Å². The molecule has 1 aliphatic heterocycles. The van der Waals surface area contributed by atoms with Crippen molar-refractivity contribution in [1.82, 2.24) is 15.1 Å². The fourth-order valence-electron chi connectivity index (χ4n) is 3.32. The topological polar surface area (TPSA) is 61.6 Å². The van der Waals surface area contributed by atoms with E-state index in [1.54, 1.807) is 6.07 Å². The summed E-state index contributed by atoms with van der Waals surface area (Å²) in [5, 5.41) is 3.02. The lowest BCUT2D eigenvalue weighted by atomic mass is 10.1. The molecule has 0 aromatic heterocycles. The minimum atomic E-state index is -0.0440. The van der Waals surface area contributed by atoms with Crippen LogP contribution < -0.4 is 11.1 Å². The van der Waals surface area contributed by atoms with Gasteiger partial charge in [0.15, 0.2) is 0 Å². The normalized spacial score (nSPS) is 15.7. The SMILES string of the molecule is Cc1ccc(N)cc1C(=O)NCCN1CCN(Cc2ccccc2)CC1. The van der Waals surface area contributed by atoms with Crippen LogP contribution in [0.2, 0.25) is 0 Å². The highest BCUT2D eigenvalue weighted by Crippen LogP contribution is 2.12. The Morgan fingerprint density at radius 2 is 1.73 bits per heavy atom. The molecule has 1 aliphatic rings. The molecule has 2 aromatic carbocycles. The number of amides is 1. The maximum Gasteiger partial charge on any atom is 0.251 e. The maximum absolute atomic E-state index is 12.3. The van der Waals surface area contributed by atoms with Crippen LogP contribution in [0.4, 0.5) is 5.69 Å². The summed E-state index contributed by atoms with van der Waals surface area (Å²) in [6.07, 6.45) is 0. The van der Waals surface area contributed by atoms with E-state index in [1.807, 2.05) is 19.1 Å². The number of anilines is 1. The number of aryl methyl sites for hydroxylation is 1. The maximum atomic E-state index is 12.3. The predicted molar refractivity (Wildman–Crippen MR) is 106 cm³/mol. The second kappa shape index (κ2) is 8.83. The number of carbonyl (C=O) groups is 1. The van der Waals surface area contributed by atoms with E-state index >= 15 is 0 Å². The van der Waals surface area contributed by atoms with Crippen LogP contribution in [0.15, 0.2) is 48.5 Å². The minimum Gasteiger partial charge on any atom is -0.399 e. The quantitative estimate of drug-likeness (QED) is 0.782. The van der Waals surface area contributed by atoms with Crippen LogP contribution >= 0.6 is 0 Å². The van der Waals surface area contributed by atoms with E-state index in [4.69, 9.17) is 5.73 Å². The number of carbonyl (C=O) groups excluding carboxylic acids is 1. The van der Waals surface area contributed by atoms with Crippen molar-refractivity contribution in [3.63, 3.8) is 0 Å². The van der Waals surface area contributed by atoms with Crippen LogP contribution in [0.5, 0.6) is 0 Å². The number of nitrogens with one attached hydrogen (secondary N) is 1. The summed E-state index contributed by atoms with van der Waals surface area (Å²) in [7, 11) is 0. The zero-order valence-corrected chi connectivity index (χ0v) is 15.4. The Labute approximate surface area is 155 Å². The van der Waals surface area contributed by atoms with Crippen molar-refractivity contribution in [3.05, 3.63) is 65.2 Å². The lowest BCUT2D eigenvalue weighted by Crippen LogP contribution is -2.48. The largest absolute Gasteiger partial charge is 0.399 e. The van der Waals surface area contributed by atoms with Crippen molar-refractivity contribution in [3.8, 4) is 0 Å². The molecule has 1 saturated heterocycles. The summed E-state index contributed by atoms with van der Waals surface area (Å²) >= 11 is 0. The van der Waals surface area contributed by atoms with Gasteiger partial charge >= 0.3 is 0 Å². The molecule has 0 unspecified atom stereocenters. The molecule has 1 amide bonds. The van der Waals surface area contributed by atoms with Gasteiger partial charge in [0.25, 0.3) is 5.91 Å². The molecular weight excluding hydrogens is 324 g/mol. The van der Waals surface area contributed by atoms with Gasteiger partial charge in [-0.2, -0.15) is 0 Å².